The number of allylic oxidation sites excluding steroid dienone is 8. The van der Waals surface area contributed by atoms with Crippen molar-refractivity contribution in [3.05, 3.63) is 93.1 Å². The summed E-state index contributed by atoms with van der Waals surface area (Å²) < 4.78 is 1.51. The van der Waals surface area contributed by atoms with Gasteiger partial charge in [-0.1, -0.05) is 84.4 Å². The molecule has 1 atom stereocenters. The van der Waals surface area contributed by atoms with Crippen LogP contribution in [0.2, 0.25) is 0 Å². The van der Waals surface area contributed by atoms with E-state index in [1.807, 2.05) is 0 Å². The Morgan fingerprint density at radius 2 is 1.27 bits per heavy atom. The minimum Gasteiger partial charge on any atom is -1.00 e. The van der Waals surface area contributed by atoms with Crippen LogP contribution in [0, 0.1) is 41.2 Å². The van der Waals surface area contributed by atoms with E-state index in [1.54, 1.807) is 68.3 Å². The molecule has 0 amide bonds. The van der Waals surface area contributed by atoms with Gasteiger partial charge in [-0.2, -0.15) is 17.2 Å². The first-order valence-electron chi connectivity index (χ1n) is 18.5. The van der Waals surface area contributed by atoms with E-state index in [4.69, 9.17) is 0 Å². The molecule has 1 unspecified atom stereocenters. The molecular weight excluding hydrogens is 715 g/mol. The van der Waals surface area contributed by atoms with Crippen LogP contribution in [0.25, 0.3) is 22.3 Å². The monoisotopic (exact) mass is 768 g/mol. The fourth-order valence-electron chi connectivity index (χ4n) is 11.3. The van der Waals surface area contributed by atoms with E-state index in [9.17, 15) is 0 Å². The molecule has 0 aliphatic heterocycles. The molecule has 0 aromatic heterocycles. The fourth-order valence-corrected chi connectivity index (χ4v) is 11.3. The van der Waals surface area contributed by atoms with Crippen molar-refractivity contribution >= 4 is 14.4 Å². The van der Waals surface area contributed by atoms with E-state index < -0.39 is 0 Å². The van der Waals surface area contributed by atoms with Gasteiger partial charge >= 0.3 is 41.3 Å². The van der Waals surface area contributed by atoms with Gasteiger partial charge in [0.1, 0.15) is 0 Å². The number of fused-ring (bicyclic) bond motifs is 5. The largest absolute Gasteiger partial charge is 1.00 e. The molecular formula is C46H56Cl2Zr-2. The van der Waals surface area contributed by atoms with Gasteiger partial charge in [0, 0.05) is 5.41 Å². The fraction of sp³-hybridized carbons (Fsp3) is 0.543. The standard InChI is InChI=1S/C25H25.C18H25.C3H6.2ClH.Zr/c1-14-12-24(3,4)22-8-16-7-17-9-23-19(15(2)13-25(23,5)6)11-21(17)20(16)10-18(14)22;1-12-3-13(2)17(4-12)11-18-8-14-5-15(9-18)7-16(6-14)10-18;1-3-2;;;/h8-12H,7H2,1-6H3;4,12,14-16H,5-11H2,1-2H3;1-2H3;2*1H;/q2*-1;;;;+2/p-2. The first-order chi connectivity index (χ1) is 22.0. The molecule has 4 bridgehead atoms. The molecule has 0 radical (unpaired) electrons. The maximum Gasteiger partial charge on any atom is -1.00 e. The predicted octanol–water partition coefficient (Wildman–Crippen LogP) is 6.12. The molecule has 2 aromatic carbocycles. The molecule has 0 heterocycles. The molecule has 3 heteroatoms. The third-order valence-corrected chi connectivity index (χ3v) is 12.5. The normalized spacial score (nSPS) is 29.2. The van der Waals surface area contributed by atoms with E-state index in [0.717, 1.165) is 24.2 Å². The van der Waals surface area contributed by atoms with Crippen LogP contribution in [0.4, 0.5) is 0 Å². The first kappa shape index (κ1) is 39.0. The zero-order chi connectivity index (χ0) is 33.6. The van der Waals surface area contributed by atoms with Crippen LogP contribution in [0.5, 0.6) is 0 Å². The topological polar surface area (TPSA) is 0 Å². The number of hydrogen-bond donors (Lipinski definition) is 0. The van der Waals surface area contributed by atoms with Crippen LogP contribution in [0.3, 0.4) is 0 Å². The van der Waals surface area contributed by atoms with Crippen molar-refractivity contribution in [3.8, 4) is 11.1 Å². The summed E-state index contributed by atoms with van der Waals surface area (Å²) in [6.07, 6.45) is 23.9. The third-order valence-electron chi connectivity index (χ3n) is 12.5. The van der Waals surface area contributed by atoms with Gasteiger partial charge in [0.25, 0.3) is 0 Å². The third kappa shape index (κ3) is 7.36. The summed E-state index contributed by atoms with van der Waals surface area (Å²) in [5, 5.41) is 0. The van der Waals surface area contributed by atoms with E-state index in [2.05, 4.69) is 118 Å². The maximum atomic E-state index is 3.65. The minimum absolute atomic E-state index is 0. The molecule has 4 saturated carbocycles. The molecule has 4 fully saturated rings. The molecule has 10 rings (SSSR count). The van der Waals surface area contributed by atoms with Crippen LogP contribution in [-0.4, -0.2) is 3.21 Å². The van der Waals surface area contributed by atoms with E-state index >= 15 is 0 Å². The Balaban J connectivity index is 0.000000172. The van der Waals surface area contributed by atoms with Gasteiger partial charge in [-0.3, -0.25) is 12.2 Å². The molecule has 8 aliphatic carbocycles. The Morgan fingerprint density at radius 1 is 0.755 bits per heavy atom. The Morgan fingerprint density at radius 3 is 1.78 bits per heavy atom. The summed E-state index contributed by atoms with van der Waals surface area (Å²) in [6, 6.07) is 9.81. The quantitative estimate of drug-likeness (QED) is 0.276. The van der Waals surface area contributed by atoms with E-state index in [-0.39, 0.29) is 35.6 Å². The molecule has 0 N–H and O–H groups in total. The van der Waals surface area contributed by atoms with Gasteiger partial charge in [-0.15, -0.1) is 11.6 Å². The van der Waals surface area contributed by atoms with Gasteiger partial charge in [-0.25, -0.2) is 11.1 Å². The minimum atomic E-state index is 0. The van der Waals surface area contributed by atoms with E-state index in [1.165, 1.54) is 70.9 Å². The zero-order valence-electron chi connectivity index (χ0n) is 31.7. The number of halogens is 2. The zero-order valence-corrected chi connectivity index (χ0v) is 35.7. The smallest absolute Gasteiger partial charge is 1.00 e. The van der Waals surface area contributed by atoms with Crippen LogP contribution in [-0.2, 0) is 41.5 Å². The van der Waals surface area contributed by atoms with Gasteiger partial charge < -0.3 is 24.8 Å². The number of benzene rings is 2. The van der Waals surface area contributed by atoms with Crippen molar-refractivity contribution in [1.82, 2.24) is 0 Å². The number of hydrogen-bond acceptors (Lipinski definition) is 0. The number of rotatable bonds is 2. The van der Waals surface area contributed by atoms with Crippen molar-refractivity contribution in [1.29, 1.82) is 0 Å². The van der Waals surface area contributed by atoms with E-state index in [0.29, 0.717) is 11.3 Å². The molecule has 260 valence electrons. The SMILES string of the molecule is CC1=[C-]C(C)(C)c2cc3c(cc21)-c1cc2c(cc1C3)C(C)(C)C=C2C.CC1=[C-]C(C)C=C1CC12CC3CC(CC(C3)C1)C2.C[C](C)=[Zr+2].[Cl-].[Cl-]. The second kappa shape index (κ2) is 13.9. The van der Waals surface area contributed by atoms with Crippen LogP contribution < -0.4 is 24.8 Å². The predicted molar refractivity (Wildman–Crippen MR) is 198 cm³/mol. The summed E-state index contributed by atoms with van der Waals surface area (Å²) in [5.74, 6) is 3.82. The molecule has 49 heavy (non-hydrogen) atoms. The Bertz CT molecular complexity index is 1670. The summed E-state index contributed by atoms with van der Waals surface area (Å²) in [4.78, 5) is 0. The van der Waals surface area contributed by atoms with Crippen molar-refractivity contribution in [2.45, 2.75) is 131 Å². The second-order valence-electron chi connectivity index (χ2n) is 18.1. The average molecular weight is 771 g/mol. The molecule has 0 saturated heterocycles. The van der Waals surface area contributed by atoms with Crippen molar-refractivity contribution < 1.29 is 49.0 Å². The van der Waals surface area contributed by atoms with Crippen molar-refractivity contribution in [2.24, 2.45) is 29.1 Å². The first-order valence-corrected chi connectivity index (χ1v) is 19.8. The second-order valence-corrected chi connectivity index (χ2v) is 20.5. The molecule has 0 spiro atoms. The van der Waals surface area contributed by atoms with Gasteiger partial charge in [-0.05, 0) is 120 Å². The maximum absolute atomic E-state index is 3.65. The molecule has 0 nitrogen and oxygen atoms in total. The van der Waals surface area contributed by atoms with Gasteiger partial charge in [0.15, 0.2) is 0 Å². The Kier molecular flexibility index (Phi) is 11.1. The Hall–Kier alpha value is -1.27. The Labute approximate surface area is 325 Å². The van der Waals surface area contributed by atoms with Gasteiger partial charge in [0.05, 0.1) is 0 Å². The van der Waals surface area contributed by atoms with Crippen molar-refractivity contribution in [3.63, 3.8) is 0 Å². The summed E-state index contributed by atoms with van der Waals surface area (Å²) >= 11 is 1.55. The van der Waals surface area contributed by atoms with Crippen LogP contribution in [0.15, 0.2) is 47.6 Å². The average Bonchev–Trinajstić information content (AvgIpc) is 3.60. The van der Waals surface area contributed by atoms with Crippen LogP contribution >= 0.6 is 0 Å². The molecule has 2 aromatic rings. The summed E-state index contributed by atoms with van der Waals surface area (Å²) in [5.41, 5.74) is 18.3. The van der Waals surface area contributed by atoms with Crippen molar-refractivity contribution in [2.75, 3.05) is 0 Å². The van der Waals surface area contributed by atoms with Crippen LogP contribution in [0.1, 0.15) is 148 Å². The molecule has 8 aliphatic rings. The summed E-state index contributed by atoms with van der Waals surface area (Å²) in [6.45, 7) is 22.5. The summed E-state index contributed by atoms with van der Waals surface area (Å²) in [7, 11) is 0. The van der Waals surface area contributed by atoms with Gasteiger partial charge in [0.2, 0.25) is 0 Å².